The first-order valence-electron chi connectivity index (χ1n) is 11.8. The van der Waals surface area contributed by atoms with Crippen LogP contribution in [0.5, 0.6) is 5.75 Å². The van der Waals surface area contributed by atoms with E-state index in [0.29, 0.717) is 31.8 Å². The summed E-state index contributed by atoms with van der Waals surface area (Å²) in [5.74, 6) is 1.05. The van der Waals surface area contributed by atoms with E-state index in [1.165, 1.54) is 12.8 Å². The Morgan fingerprint density at radius 2 is 1.58 bits per heavy atom. The minimum Gasteiger partial charge on any atom is -0.491 e. The highest BCUT2D eigenvalue weighted by molar-refractivity contribution is 5.94. The van der Waals surface area contributed by atoms with Crippen molar-refractivity contribution < 1.29 is 19.1 Å². The van der Waals surface area contributed by atoms with Gasteiger partial charge in [-0.3, -0.25) is 14.5 Å². The van der Waals surface area contributed by atoms with Crippen LogP contribution in [0.4, 0.5) is 0 Å². The first-order valence-corrected chi connectivity index (χ1v) is 11.8. The highest BCUT2D eigenvalue weighted by Crippen LogP contribution is 2.18. The van der Waals surface area contributed by atoms with E-state index in [-0.39, 0.29) is 17.9 Å². The third-order valence-corrected chi connectivity index (χ3v) is 6.54. The zero-order valence-electron chi connectivity index (χ0n) is 18.5. The number of hydrogen-bond donors (Lipinski definition) is 0. The van der Waals surface area contributed by atoms with Crippen molar-refractivity contribution in [1.82, 2.24) is 14.7 Å². The smallest absolute Gasteiger partial charge is 0.253 e. The SMILES string of the molecule is O=C(CN1CCN(C(=O)c2ccc(OCC3CCCO3)cc2)CC1)N1CCCCCC1. The Bertz CT molecular complexity index is 717. The number of hydrogen-bond acceptors (Lipinski definition) is 5. The molecule has 4 rings (SSSR count). The normalized spacial score (nSPS) is 22.9. The van der Waals surface area contributed by atoms with Gasteiger partial charge in [-0.15, -0.1) is 0 Å². The van der Waals surface area contributed by atoms with Gasteiger partial charge in [-0.25, -0.2) is 0 Å². The van der Waals surface area contributed by atoms with Crippen molar-refractivity contribution in [3.8, 4) is 5.75 Å². The van der Waals surface area contributed by atoms with Gasteiger partial charge in [0, 0.05) is 51.4 Å². The van der Waals surface area contributed by atoms with E-state index in [0.717, 1.165) is 64.2 Å². The van der Waals surface area contributed by atoms with Gasteiger partial charge in [0.1, 0.15) is 12.4 Å². The molecule has 31 heavy (non-hydrogen) atoms. The molecule has 7 nitrogen and oxygen atoms in total. The second kappa shape index (κ2) is 11.0. The van der Waals surface area contributed by atoms with Gasteiger partial charge < -0.3 is 19.3 Å². The summed E-state index contributed by atoms with van der Waals surface area (Å²) in [4.78, 5) is 31.6. The van der Waals surface area contributed by atoms with E-state index < -0.39 is 0 Å². The summed E-state index contributed by atoms with van der Waals surface area (Å²) in [5.41, 5.74) is 0.679. The molecule has 1 aromatic rings. The van der Waals surface area contributed by atoms with Crippen LogP contribution < -0.4 is 4.74 Å². The number of likely N-dealkylation sites (tertiary alicyclic amines) is 1. The maximum Gasteiger partial charge on any atom is 0.253 e. The Morgan fingerprint density at radius 3 is 2.23 bits per heavy atom. The predicted molar refractivity (Wildman–Crippen MR) is 118 cm³/mol. The molecule has 1 atom stereocenters. The van der Waals surface area contributed by atoms with Crippen molar-refractivity contribution in [1.29, 1.82) is 0 Å². The van der Waals surface area contributed by atoms with Crippen LogP contribution in [0.3, 0.4) is 0 Å². The summed E-state index contributed by atoms with van der Waals surface area (Å²) in [7, 11) is 0. The number of carbonyl (C=O) groups is 2. The van der Waals surface area contributed by atoms with E-state index in [4.69, 9.17) is 9.47 Å². The molecule has 0 spiro atoms. The summed E-state index contributed by atoms with van der Waals surface area (Å²) in [6.07, 6.45) is 7.02. The van der Waals surface area contributed by atoms with Gasteiger partial charge in [0.15, 0.2) is 0 Å². The maximum atomic E-state index is 12.9. The fraction of sp³-hybridized carbons (Fsp3) is 0.667. The van der Waals surface area contributed by atoms with Crippen molar-refractivity contribution in [2.24, 2.45) is 0 Å². The zero-order valence-corrected chi connectivity index (χ0v) is 18.5. The second-order valence-electron chi connectivity index (χ2n) is 8.83. The molecule has 0 bridgehead atoms. The first kappa shape index (κ1) is 22.1. The third-order valence-electron chi connectivity index (χ3n) is 6.54. The molecule has 1 aromatic carbocycles. The summed E-state index contributed by atoms with van der Waals surface area (Å²) in [6, 6.07) is 7.39. The molecule has 7 heteroatoms. The van der Waals surface area contributed by atoms with Crippen molar-refractivity contribution in [2.45, 2.75) is 44.6 Å². The highest BCUT2D eigenvalue weighted by atomic mass is 16.5. The van der Waals surface area contributed by atoms with Gasteiger partial charge >= 0.3 is 0 Å². The standard InChI is InChI=1S/C24H35N3O4/c28-23(26-11-3-1-2-4-12-26)18-25-13-15-27(16-14-25)24(29)20-7-9-21(10-8-20)31-19-22-6-5-17-30-22/h7-10,22H,1-6,11-19H2. The number of piperazine rings is 1. The molecule has 0 saturated carbocycles. The van der Waals surface area contributed by atoms with Gasteiger partial charge in [-0.2, -0.15) is 0 Å². The van der Waals surface area contributed by atoms with E-state index in [1.54, 1.807) is 0 Å². The summed E-state index contributed by atoms with van der Waals surface area (Å²) in [6.45, 7) is 6.44. The summed E-state index contributed by atoms with van der Waals surface area (Å²) >= 11 is 0. The van der Waals surface area contributed by atoms with Crippen LogP contribution >= 0.6 is 0 Å². The molecule has 0 radical (unpaired) electrons. The molecule has 3 heterocycles. The molecule has 3 saturated heterocycles. The van der Waals surface area contributed by atoms with Gasteiger partial charge in [-0.05, 0) is 49.9 Å². The minimum absolute atomic E-state index is 0.0455. The van der Waals surface area contributed by atoms with Crippen molar-refractivity contribution >= 4 is 11.8 Å². The zero-order chi connectivity index (χ0) is 21.5. The lowest BCUT2D eigenvalue weighted by atomic mass is 10.1. The number of benzene rings is 1. The number of ether oxygens (including phenoxy) is 2. The monoisotopic (exact) mass is 429 g/mol. The summed E-state index contributed by atoms with van der Waals surface area (Å²) in [5, 5.41) is 0. The molecule has 3 fully saturated rings. The first-order chi connectivity index (χ1) is 15.2. The average molecular weight is 430 g/mol. The third kappa shape index (κ3) is 6.20. The van der Waals surface area contributed by atoms with Crippen molar-refractivity contribution in [2.75, 3.05) is 59.0 Å². The molecule has 1 unspecified atom stereocenters. The highest BCUT2D eigenvalue weighted by Gasteiger charge is 2.25. The molecular weight excluding hydrogens is 394 g/mol. The van der Waals surface area contributed by atoms with Gasteiger partial charge in [0.2, 0.25) is 5.91 Å². The van der Waals surface area contributed by atoms with Crippen LogP contribution in [-0.4, -0.2) is 91.6 Å². The second-order valence-corrected chi connectivity index (χ2v) is 8.83. The van der Waals surface area contributed by atoms with Gasteiger partial charge in [0.25, 0.3) is 5.91 Å². The maximum absolute atomic E-state index is 12.9. The average Bonchev–Trinajstić information content (AvgIpc) is 3.18. The number of nitrogens with zero attached hydrogens (tertiary/aromatic N) is 3. The van der Waals surface area contributed by atoms with Crippen LogP contribution in [0.2, 0.25) is 0 Å². The molecule has 2 amide bonds. The topological polar surface area (TPSA) is 62.3 Å². The summed E-state index contributed by atoms with van der Waals surface area (Å²) < 4.78 is 11.4. The fourth-order valence-electron chi connectivity index (χ4n) is 4.56. The Hall–Kier alpha value is -2.12. The number of rotatable bonds is 6. The Labute approximate surface area is 185 Å². The quantitative estimate of drug-likeness (QED) is 0.695. The number of carbonyl (C=O) groups excluding carboxylic acids is 2. The van der Waals surface area contributed by atoms with Crippen molar-refractivity contribution in [3.05, 3.63) is 29.8 Å². The van der Waals surface area contributed by atoms with E-state index in [2.05, 4.69) is 4.90 Å². The Balaban J connectivity index is 1.21. The lowest BCUT2D eigenvalue weighted by molar-refractivity contribution is -0.132. The van der Waals surface area contributed by atoms with Crippen LogP contribution in [-0.2, 0) is 9.53 Å². The fourth-order valence-corrected chi connectivity index (χ4v) is 4.56. The molecule has 3 aliphatic rings. The largest absolute Gasteiger partial charge is 0.491 e. The molecule has 3 aliphatic heterocycles. The van der Waals surface area contributed by atoms with E-state index >= 15 is 0 Å². The predicted octanol–water partition coefficient (Wildman–Crippen LogP) is 2.40. The van der Waals surface area contributed by atoms with Gasteiger partial charge in [0.05, 0.1) is 12.6 Å². The van der Waals surface area contributed by atoms with E-state index in [1.807, 2.05) is 34.1 Å². The van der Waals surface area contributed by atoms with Crippen LogP contribution in [0.1, 0.15) is 48.9 Å². The van der Waals surface area contributed by atoms with E-state index in [9.17, 15) is 9.59 Å². The Kier molecular flexibility index (Phi) is 7.81. The lowest BCUT2D eigenvalue weighted by Gasteiger charge is -2.35. The molecule has 170 valence electrons. The molecule has 0 N–H and O–H groups in total. The van der Waals surface area contributed by atoms with Gasteiger partial charge in [-0.1, -0.05) is 12.8 Å². The van der Waals surface area contributed by atoms with Crippen molar-refractivity contribution in [3.63, 3.8) is 0 Å². The molecule has 0 aromatic heterocycles. The Morgan fingerprint density at radius 1 is 0.871 bits per heavy atom. The van der Waals surface area contributed by atoms with Crippen LogP contribution in [0.25, 0.3) is 0 Å². The lowest BCUT2D eigenvalue weighted by Crippen LogP contribution is -2.51. The molecular formula is C24H35N3O4. The molecule has 0 aliphatic carbocycles. The number of amides is 2. The minimum atomic E-state index is 0.0455. The van der Waals surface area contributed by atoms with Crippen LogP contribution in [0, 0.1) is 0 Å². The van der Waals surface area contributed by atoms with Crippen LogP contribution in [0.15, 0.2) is 24.3 Å².